The number of anilines is 1. The molecule has 2 aliphatic carbocycles. The molecule has 0 bridgehead atoms. The Morgan fingerprint density at radius 1 is 1.09 bits per heavy atom. The Morgan fingerprint density at radius 3 is 2.48 bits per heavy atom. The molecule has 2 saturated carbocycles. The Morgan fingerprint density at radius 2 is 1.83 bits per heavy atom. The van der Waals surface area contributed by atoms with Gasteiger partial charge in [-0.25, -0.2) is 4.98 Å². The van der Waals surface area contributed by atoms with Crippen LogP contribution >= 0.6 is 11.6 Å². The Kier molecular flexibility index (Phi) is 8.97. The third-order valence-electron chi connectivity index (χ3n) is 8.68. The smallest absolute Gasteiger partial charge is 0.380 e. The van der Waals surface area contributed by atoms with Gasteiger partial charge in [0.1, 0.15) is 11.4 Å². The molecule has 0 spiro atoms. The highest BCUT2D eigenvalue weighted by molar-refractivity contribution is 6.31. The molecule has 2 amide bonds. The van der Waals surface area contributed by atoms with Crippen molar-refractivity contribution in [2.75, 3.05) is 32.1 Å². The number of hydrogen-bond acceptors (Lipinski definition) is 6. The lowest BCUT2D eigenvalue weighted by atomic mass is 9.94. The van der Waals surface area contributed by atoms with Crippen LogP contribution in [0.4, 0.5) is 19.0 Å². The summed E-state index contributed by atoms with van der Waals surface area (Å²) < 4.78 is 46.3. The normalized spacial score (nSPS) is 17.5. The average Bonchev–Trinajstić information content (AvgIpc) is 3.90. The van der Waals surface area contributed by atoms with Crippen molar-refractivity contribution in [3.8, 4) is 11.1 Å². The fourth-order valence-corrected chi connectivity index (χ4v) is 5.73. The van der Waals surface area contributed by atoms with Crippen molar-refractivity contribution < 1.29 is 27.5 Å². The maximum Gasteiger partial charge on any atom is 0.395 e. The minimum absolute atomic E-state index is 0.00437. The summed E-state index contributed by atoms with van der Waals surface area (Å²) in [4.78, 5) is 46.2. The van der Waals surface area contributed by atoms with Crippen LogP contribution in [0.1, 0.15) is 76.5 Å². The quantitative estimate of drug-likeness (QED) is 0.271. The number of pyridine rings is 2. The predicted octanol–water partition coefficient (Wildman–Crippen LogP) is 5.79. The number of carbonyl (C=O) groups is 2. The number of aromatic nitrogens is 2. The van der Waals surface area contributed by atoms with Gasteiger partial charge >= 0.3 is 6.18 Å². The van der Waals surface area contributed by atoms with E-state index in [-0.39, 0.29) is 45.6 Å². The number of likely N-dealkylation sites (tertiary alicyclic amines) is 1. The molecule has 1 atom stereocenters. The van der Waals surface area contributed by atoms with Crippen LogP contribution in [0.2, 0.25) is 5.02 Å². The van der Waals surface area contributed by atoms with E-state index in [4.69, 9.17) is 16.3 Å². The maximum absolute atomic E-state index is 13.6. The van der Waals surface area contributed by atoms with E-state index >= 15 is 0 Å². The van der Waals surface area contributed by atoms with Crippen LogP contribution in [-0.2, 0) is 11.3 Å². The number of rotatable bonds is 11. The van der Waals surface area contributed by atoms with Crippen LogP contribution < -0.4 is 16.2 Å². The van der Waals surface area contributed by atoms with E-state index in [2.05, 4.69) is 15.6 Å². The highest BCUT2D eigenvalue weighted by Crippen LogP contribution is 2.42. The van der Waals surface area contributed by atoms with Gasteiger partial charge in [0.25, 0.3) is 17.4 Å². The van der Waals surface area contributed by atoms with Gasteiger partial charge in [-0.05, 0) is 79.6 Å². The van der Waals surface area contributed by atoms with Crippen molar-refractivity contribution >= 4 is 29.2 Å². The topological polar surface area (TPSA) is 106 Å². The highest BCUT2D eigenvalue weighted by Gasteiger charge is 2.49. The van der Waals surface area contributed by atoms with Crippen molar-refractivity contribution in [3.63, 3.8) is 0 Å². The Bertz CT molecular complexity index is 1710. The van der Waals surface area contributed by atoms with Crippen LogP contribution in [-0.4, -0.2) is 65.3 Å². The van der Waals surface area contributed by atoms with Crippen molar-refractivity contribution in [3.05, 3.63) is 80.4 Å². The number of benzene rings is 1. The van der Waals surface area contributed by atoms with Gasteiger partial charge in [-0.3, -0.25) is 14.4 Å². The zero-order chi connectivity index (χ0) is 32.7. The summed E-state index contributed by atoms with van der Waals surface area (Å²) in [6.45, 7) is 2.13. The molecule has 1 aliphatic heterocycles. The van der Waals surface area contributed by atoms with Gasteiger partial charge < -0.3 is 24.8 Å². The lowest BCUT2D eigenvalue weighted by molar-refractivity contribution is -0.202. The van der Waals surface area contributed by atoms with E-state index in [1.165, 1.54) is 6.07 Å². The molecule has 46 heavy (non-hydrogen) atoms. The molecule has 2 aromatic heterocycles. The summed E-state index contributed by atoms with van der Waals surface area (Å²) in [5, 5.41) is 6.36. The van der Waals surface area contributed by atoms with Crippen molar-refractivity contribution in [1.82, 2.24) is 19.8 Å². The Labute approximate surface area is 269 Å². The van der Waals surface area contributed by atoms with E-state index in [0.29, 0.717) is 29.9 Å². The number of amides is 2. The second-order valence-electron chi connectivity index (χ2n) is 12.4. The first-order chi connectivity index (χ1) is 21.9. The van der Waals surface area contributed by atoms with Gasteiger partial charge in [0.15, 0.2) is 0 Å². The largest absolute Gasteiger partial charge is 0.395 e. The minimum atomic E-state index is -4.37. The van der Waals surface area contributed by atoms with Crippen LogP contribution in [0.5, 0.6) is 0 Å². The van der Waals surface area contributed by atoms with Gasteiger partial charge in [0.05, 0.1) is 12.0 Å². The number of halogens is 4. The maximum atomic E-state index is 13.6. The number of nitrogens with one attached hydrogen (secondary N) is 2. The zero-order valence-corrected chi connectivity index (χ0v) is 26.3. The summed E-state index contributed by atoms with van der Waals surface area (Å²) in [6.07, 6.45) is 0.963. The van der Waals surface area contributed by atoms with E-state index in [0.717, 1.165) is 36.1 Å². The van der Waals surface area contributed by atoms with Crippen molar-refractivity contribution in [2.24, 2.45) is 5.92 Å². The molecule has 0 radical (unpaired) electrons. The zero-order valence-electron chi connectivity index (χ0n) is 25.5. The van der Waals surface area contributed by atoms with Crippen molar-refractivity contribution in [2.45, 2.75) is 63.4 Å². The number of nitrogens with zero attached hydrogens (tertiary/aromatic N) is 3. The third kappa shape index (κ3) is 7.13. The molecule has 1 aromatic carbocycles. The lowest BCUT2D eigenvalue weighted by Gasteiger charge is -2.40. The molecule has 0 unspecified atom stereocenters. The SMILES string of the molecule is CO[C@@H](C)CNCc1cc(C(=O)Nc2cc(-c3ccc(Cl)cc3C(=O)N3CC(C(F)(F)F)C3)cc(C3CC3)n2)c(=O)n(C2CC2)c1. The molecular formula is C33H35ClF3N5O4. The first-order valence-electron chi connectivity index (χ1n) is 15.4. The number of hydrogen-bond donors (Lipinski definition) is 2. The number of alkyl halides is 3. The van der Waals surface area contributed by atoms with Gasteiger partial charge in [-0.15, -0.1) is 0 Å². The number of methoxy groups -OCH3 is 1. The molecule has 9 nitrogen and oxygen atoms in total. The van der Waals surface area contributed by atoms with E-state index in [1.807, 2.05) is 13.0 Å². The monoisotopic (exact) mass is 657 g/mol. The summed E-state index contributed by atoms with van der Waals surface area (Å²) in [6, 6.07) is 9.77. The molecule has 3 heterocycles. The molecule has 1 saturated heterocycles. The molecular weight excluding hydrogens is 623 g/mol. The fraction of sp³-hybridized carbons (Fsp3) is 0.455. The van der Waals surface area contributed by atoms with E-state index in [9.17, 15) is 27.6 Å². The minimum Gasteiger partial charge on any atom is -0.380 e. The summed E-state index contributed by atoms with van der Waals surface area (Å²) in [5.41, 5.74) is 2.27. The first-order valence-corrected chi connectivity index (χ1v) is 15.8. The number of ether oxygens (including phenoxy) is 1. The van der Waals surface area contributed by atoms with Gasteiger partial charge in [-0.1, -0.05) is 17.7 Å². The van der Waals surface area contributed by atoms with Gasteiger partial charge in [0, 0.05) is 67.7 Å². The predicted molar refractivity (Wildman–Crippen MR) is 167 cm³/mol. The molecule has 3 aliphatic rings. The van der Waals surface area contributed by atoms with Crippen LogP contribution in [0.25, 0.3) is 11.1 Å². The molecule has 6 rings (SSSR count). The second kappa shape index (κ2) is 12.8. The highest BCUT2D eigenvalue weighted by atomic mass is 35.5. The Hall–Kier alpha value is -3.74. The molecule has 3 fully saturated rings. The summed E-state index contributed by atoms with van der Waals surface area (Å²) >= 11 is 6.23. The van der Waals surface area contributed by atoms with Crippen LogP contribution in [0.3, 0.4) is 0 Å². The third-order valence-corrected chi connectivity index (χ3v) is 8.92. The van der Waals surface area contributed by atoms with E-state index < -0.39 is 37.0 Å². The fourth-order valence-electron chi connectivity index (χ4n) is 5.56. The van der Waals surface area contributed by atoms with Crippen LogP contribution in [0.15, 0.2) is 47.4 Å². The average molecular weight is 658 g/mol. The first kappa shape index (κ1) is 32.2. The lowest BCUT2D eigenvalue weighted by Crippen LogP contribution is -2.55. The second-order valence-corrected chi connectivity index (χ2v) is 12.9. The van der Waals surface area contributed by atoms with Crippen molar-refractivity contribution in [1.29, 1.82) is 0 Å². The van der Waals surface area contributed by atoms with E-state index in [1.54, 1.807) is 42.1 Å². The molecule has 2 N–H and O–H groups in total. The molecule has 3 aromatic rings. The Balaban J connectivity index is 1.29. The standard InChI is InChI=1S/C33H35ClF3N5O4/c1-18(46-2)13-38-14-19-9-27(32(45)42(15-19)24-6-7-24)30(43)40-29-11-21(10-28(39-29)20-3-4-20)25-8-5-23(34)12-26(25)31(44)41-16-22(17-41)33(35,36)37/h5,8-12,15,18,20,22,24,38H,3-4,6-7,13-14,16-17H2,1-2H3,(H,39,40,43)/t18-/m0/s1. The number of carbonyl (C=O) groups excluding carboxylic acids is 2. The molecule has 244 valence electrons. The van der Waals surface area contributed by atoms with Gasteiger partial charge in [0.2, 0.25) is 0 Å². The summed E-state index contributed by atoms with van der Waals surface area (Å²) in [5.74, 6) is -2.35. The van der Waals surface area contributed by atoms with Gasteiger partial charge in [-0.2, -0.15) is 13.2 Å². The molecule has 13 heteroatoms. The van der Waals surface area contributed by atoms with Crippen LogP contribution in [0, 0.1) is 5.92 Å². The summed E-state index contributed by atoms with van der Waals surface area (Å²) in [7, 11) is 1.63.